The Morgan fingerprint density at radius 1 is 1.18 bits per heavy atom. The van der Waals surface area contributed by atoms with Crippen molar-refractivity contribution in [1.82, 2.24) is 14.3 Å². The minimum atomic E-state index is -4.67. The summed E-state index contributed by atoms with van der Waals surface area (Å²) in [6, 6.07) is 4.25. The first-order valence-electron chi connectivity index (χ1n) is 10.5. The second-order valence-electron chi connectivity index (χ2n) is 8.25. The van der Waals surface area contributed by atoms with Crippen LogP contribution < -0.4 is 10.1 Å². The average Bonchev–Trinajstić information content (AvgIpc) is 3.21. The Morgan fingerprint density at radius 3 is 2.76 bits per heavy atom. The third kappa shape index (κ3) is 4.10. The highest BCUT2D eigenvalue weighted by molar-refractivity contribution is 5.70. The molecule has 0 radical (unpaired) electrons. The normalized spacial score (nSPS) is 23.9. The number of imidazole rings is 1. The van der Waals surface area contributed by atoms with Gasteiger partial charge in [-0.15, -0.1) is 0 Å². The molecule has 3 atom stereocenters. The molecule has 2 aliphatic heterocycles. The first-order chi connectivity index (χ1) is 15.7. The maximum Gasteiger partial charge on any atom is 0.434 e. The van der Waals surface area contributed by atoms with Crippen LogP contribution in [0.5, 0.6) is 5.75 Å². The highest BCUT2D eigenvalue weighted by Crippen LogP contribution is 2.39. The fourth-order valence-electron chi connectivity index (χ4n) is 4.46. The number of nitrogens with zero attached hydrogens (tertiary/aromatic N) is 3. The van der Waals surface area contributed by atoms with Crippen molar-refractivity contribution < 1.29 is 31.4 Å². The molecule has 176 valence electrons. The Labute approximate surface area is 185 Å². The van der Waals surface area contributed by atoms with E-state index in [9.17, 15) is 22.0 Å². The van der Waals surface area contributed by atoms with Gasteiger partial charge in [-0.25, -0.2) is 13.8 Å². The molecule has 1 saturated heterocycles. The molecular weight excluding hydrogens is 447 g/mol. The van der Waals surface area contributed by atoms with Gasteiger partial charge < -0.3 is 19.2 Å². The van der Waals surface area contributed by atoms with Gasteiger partial charge in [0.05, 0.1) is 24.8 Å². The van der Waals surface area contributed by atoms with Gasteiger partial charge in [0.15, 0.2) is 17.2 Å². The summed E-state index contributed by atoms with van der Waals surface area (Å²) in [5.74, 6) is -0.926. The van der Waals surface area contributed by atoms with E-state index in [1.54, 1.807) is 6.07 Å². The molecular formula is C22H21F5N4O2. The van der Waals surface area contributed by atoms with Crippen molar-refractivity contribution >= 4 is 11.3 Å². The molecule has 33 heavy (non-hydrogen) atoms. The molecule has 0 bridgehead atoms. The maximum atomic E-state index is 14.9. The number of hydrogen-bond acceptors (Lipinski definition) is 5. The van der Waals surface area contributed by atoms with Crippen LogP contribution in [0.25, 0.3) is 5.65 Å². The molecule has 0 amide bonds. The minimum Gasteiger partial charge on any atom is -0.491 e. The molecule has 1 aromatic carbocycles. The summed E-state index contributed by atoms with van der Waals surface area (Å²) in [5, 5.41) is 3.08. The van der Waals surface area contributed by atoms with E-state index in [0.717, 1.165) is 16.7 Å². The van der Waals surface area contributed by atoms with Gasteiger partial charge in [-0.2, -0.15) is 13.2 Å². The topological polar surface area (TPSA) is 51.0 Å². The zero-order chi connectivity index (χ0) is 23.3. The summed E-state index contributed by atoms with van der Waals surface area (Å²) in [4.78, 5) is 5.77. The van der Waals surface area contributed by atoms with Crippen molar-refractivity contribution in [3.05, 3.63) is 59.6 Å². The standard InChI is InChI=1S/C22H21F5N4O2/c1-12-9-30(6-7-32-12)16-11-33-17-8-13(23)2-3-14(17)19(16)29-20-15(24)4-5-31-10-18(22(25,26)27)28-21(20)31/h2-5,8,10,12,16,19,29H,6-7,9,11H2,1H3. The third-order valence-corrected chi connectivity index (χ3v) is 6.01. The van der Waals surface area contributed by atoms with E-state index in [4.69, 9.17) is 9.47 Å². The number of aromatic nitrogens is 2. The zero-order valence-electron chi connectivity index (χ0n) is 17.6. The Kier molecular flexibility index (Phi) is 5.40. The van der Waals surface area contributed by atoms with Gasteiger partial charge in [-0.3, -0.25) is 4.90 Å². The zero-order valence-corrected chi connectivity index (χ0v) is 17.6. The van der Waals surface area contributed by atoms with Crippen LogP contribution >= 0.6 is 0 Å². The fraction of sp³-hybridized carbons (Fsp3) is 0.409. The Bertz CT molecular complexity index is 1180. The second-order valence-corrected chi connectivity index (χ2v) is 8.25. The van der Waals surface area contributed by atoms with Crippen LogP contribution in [-0.4, -0.2) is 52.7 Å². The predicted molar refractivity (Wildman–Crippen MR) is 109 cm³/mol. The van der Waals surface area contributed by atoms with Crippen LogP contribution in [0.4, 0.5) is 27.6 Å². The van der Waals surface area contributed by atoms with Crippen molar-refractivity contribution in [1.29, 1.82) is 0 Å². The number of fused-ring (bicyclic) bond motifs is 2. The lowest BCUT2D eigenvalue weighted by Crippen LogP contribution is -2.54. The molecule has 3 unspecified atom stereocenters. The molecule has 0 saturated carbocycles. The van der Waals surface area contributed by atoms with E-state index in [1.165, 1.54) is 18.3 Å². The van der Waals surface area contributed by atoms with Crippen LogP contribution in [0, 0.1) is 11.6 Å². The maximum absolute atomic E-state index is 14.9. The molecule has 6 nitrogen and oxygen atoms in total. The second kappa shape index (κ2) is 8.14. The molecule has 2 aliphatic rings. The van der Waals surface area contributed by atoms with Crippen LogP contribution in [0.2, 0.25) is 0 Å². The van der Waals surface area contributed by atoms with Gasteiger partial charge in [0, 0.05) is 37.1 Å². The Hall–Kier alpha value is -2.92. The molecule has 2 aromatic heterocycles. The first-order valence-corrected chi connectivity index (χ1v) is 10.5. The first kappa shape index (κ1) is 21.9. The molecule has 5 rings (SSSR count). The molecule has 0 spiro atoms. The van der Waals surface area contributed by atoms with Gasteiger partial charge in [0.2, 0.25) is 0 Å². The summed E-state index contributed by atoms with van der Waals surface area (Å²) in [5.41, 5.74) is -0.895. The molecule has 3 aromatic rings. The largest absolute Gasteiger partial charge is 0.491 e. The number of ether oxygens (including phenoxy) is 2. The molecule has 1 fully saturated rings. The van der Waals surface area contributed by atoms with Crippen molar-refractivity contribution in [3.63, 3.8) is 0 Å². The summed E-state index contributed by atoms with van der Waals surface area (Å²) in [6.07, 6.45) is -2.70. The van der Waals surface area contributed by atoms with E-state index in [0.29, 0.717) is 31.0 Å². The number of benzene rings is 1. The predicted octanol–water partition coefficient (Wildman–Crippen LogP) is 4.27. The number of pyridine rings is 1. The smallest absolute Gasteiger partial charge is 0.434 e. The van der Waals surface area contributed by atoms with E-state index >= 15 is 0 Å². The van der Waals surface area contributed by atoms with Crippen LogP contribution in [0.3, 0.4) is 0 Å². The van der Waals surface area contributed by atoms with Crippen LogP contribution in [-0.2, 0) is 10.9 Å². The van der Waals surface area contributed by atoms with E-state index in [1.807, 2.05) is 6.92 Å². The van der Waals surface area contributed by atoms with E-state index in [2.05, 4.69) is 15.2 Å². The lowest BCUT2D eigenvalue weighted by atomic mass is 9.94. The average molecular weight is 468 g/mol. The lowest BCUT2D eigenvalue weighted by Gasteiger charge is -2.44. The van der Waals surface area contributed by atoms with Gasteiger partial charge in [-0.1, -0.05) is 6.07 Å². The Morgan fingerprint density at radius 2 is 2.00 bits per heavy atom. The number of rotatable bonds is 3. The molecule has 11 heteroatoms. The quantitative estimate of drug-likeness (QED) is 0.582. The van der Waals surface area contributed by atoms with Crippen molar-refractivity contribution in [2.75, 3.05) is 31.6 Å². The summed E-state index contributed by atoms with van der Waals surface area (Å²) in [6.45, 7) is 3.82. The lowest BCUT2D eigenvalue weighted by molar-refractivity contribution is -0.140. The third-order valence-electron chi connectivity index (χ3n) is 6.01. The summed E-state index contributed by atoms with van der Waals surface area (Å²) < 4.78 is 81.0. The number of hydrogen-bond donors (Lipinski definition) is 1. The molecule has 0 aliphatic carbocycles. The molecule has 1 N–H and O–H groups in total. The highest BCUT2D eigenvalue weighted by Gasteiger charge is 2.39. The number of morpholine rings is 1. The highest BCUT2D eigenvalue weighted by atomic mass is 19.4. The van der Waals surface area contributed by atoms with Crippen molar-refractivity contribution in [2.45, 2.75) is 31.3 Å². The van der Waals surface area contributed by atoms with Crippen LogP contribution in [0.15, 0.2) is 36.7 Å². The van der Waals surface area contributed by atoms with Crippen molar-refractivity contribution in [3.8, 4) is 5.75 Å². The van der Waals surface area contributed by atoms with Gasteiger partial charge in [-0.05, 0) is 19.1 Å². The van der Waals surface area contributed by atoms with Gasteiger partial charge in [0.1, 0.15) is 23.9 Å². The summed E-state index contributed by atoms with van der Waals surface area (Å²) >= 11 is 0. The van der Waals surface area contributed by atoms with Gasteiger partial charge in [0.25, 0.3) is 0 Å². The van der Waals surface area contributed by atoms with E-state index < -0.39 is 29.5 Å². The SMILES string of the molecule is CC1CN(C2COc3cc(F)ccc3C2Nc2c(F)ccn3cc(C(F)(F)F)nc23)CCO1. The Balaban J connectivity index is 1.58. The number of nitrogens with one attached hydrogen (secondary N) is 1. The minimum absolute atomic E-state index is 0.0316. The number of halogens is 5. The number of anilines is 1. The van der Waals surface area contributed by atoms with Crippen molar-refractivity contribution in [2.24, 2.45) is 0 Å². The fourth-order valence-corrected chi connectivity index (χ4v) is 4.46. The number of alkyl halides is 3. The van der Waals surface area contributed by atoms with Crippen LogP contribution in [0.1, 0.15) is 24.2 Å². The van der Waals surface area contributed by atoms with E-state index in [-0.39, 0.29) is 30.1 Å². The monoisotopic (exact) mass is 468 g/mol. The molecule has 4 heterocycles. The van der Waals surface area contributed by atoms with Gasteiger partial charge >= 0.3 is 6.18 Å². The summed E-state index contributed by atoms with van der Waals surface area (Å²) in [7, 11) is 0.